The molecule has 0 fully saturated rings. The normalized spacial score (nSPS) is 10.9. The molecule has 7 nitrogen and oxygen atoms in total. The van der Waals surface area contributed by atoms with Gasteiger partial charge in [0.1, 0.15) is 17.5 Å². The van der Waals surface area contributed by atoms with Crippen molar-refractivity contribution in [3.8, 4) is 5.82 Å². The number of aryl methyl sites for hydroxylation is 1. The van der Waals surface area contributed by atoms with Gasteiger partial charge in [0.15, 0.2) is 0 Å². The lowest BCUT2D eigenvalue weighted by Crippen LogP contribution is -2.09. The maximum Gasteiger partial charge on any atom is 0.231 e. The third-order valence-corrected chi connectivity index (χ3v) is 4.33. The molecule has 4 rings (SSSR count). The van der Waals surface area contributed by atoms with Crippen LogP contribution in [0.3, 0.4) is 0 Å². The molecule has 4 aromatic rings. The minimum atomic E-state index is 0.393. The van der Waals surface area contributed by atoms with E-state index in [-0.39, 0.29) is 0 Å². The van der Waals surface area contributed by atoms with Crippen molar-refractivity contribution in [2.45, 2.75) is 6.92 Å². The third kappa shape index (κ3) is 3.27. The van der Waals surface area contributed by atoms with Crippen LogP contribution in [0.25, 0.3) is 16.9 Å². The summed E-state index contributed by atoms with van der Waals surface area (Å²) in [7, 11) is 4.01. The molecule has 0 aliphatic heterocycles. The summed E-state index contributed by atoms with van der Waals surface area (Å²) in [6.07, 6.45) is 0. The van der Waals surface area contributed by atoms with Gasteiger partial charge >= 0.3 is 0 Å². The van der Waals surface area contributed by atoms with Crippen LogP contribution >= 0.6 is 0 Å². The SMILES string of the molecule is Cc1nc2ccccc2n1-c1cc(N)nc(Nc2ccc(N(C)C)cc2)n1. The Morgan fingerprint density at radius 1 is 0.963 bits per heavy atom. The Labute approximate surface area is 157 Å². The number of nitrogens with two attached hydrogens (primary N) is 1. The first-order valence-electron chi connectivity index (χ1n) is 8.65. The Hall–Kier alpha value is -3.61. The smallest absolute Gasteiger partial charge is 0.231 e. The largest absolute Gasteiger partial charge is 0.383 e. The monoisotopic (exact) mass is 359 g/mol. The van der Waals surface area contributed by atoms with Gasteiger partial charge in [0.25, 0.3) is 0 Å². The molecule has 2 aromatic carbocycles. The number of nitrogen functional groups attached to an aromatic ring is 1. The number of hydrogen-bond acceptors (Lipinski definition) is 6. The lowest BCUT2D eigenvalue weighted by molar-refractivity contribution is 0.947. The molecule has 0 bridgehead atoms. The molecular formula is C20H21N7. The van der Waals surface area contributed by atoms with Gasteiger partial charge in [0.05, 0.1) is 11.0 Å². The molecule has 27 heavy (non-hydrogen) atoms. The summed E-state index contributed by atoms with van der Waals surface area (Å²) in [5, 5.41) is 3.23. The maximum absolute atomic E-state index is 6.05. The van der Waals surface area contributed by atoms with Gasteiger partial charge in [-0.1, -0.05) is 12.1 Å². The van der Waals surface area contributed by atoms with Crippen molar-refractivity contribution in [2.75, 3.05) is 30.0 Å². The van der Waals surface area contributed by atoms with Crippen molar-refractivity contribution in [1.29, 1.82) is 0 Å². The molecule has 0 aliphatic rings. The fraction of sp³-hybridized carbons (Fsp3) is 0.150. The Kier molecular flexibility index (Phi) is 4.12. The zero-order valence-corrected chi connectivity index (χ0v) is 15.5. The summed E-state index contributed by atoms with van der Waals surface area (Å²) in [4.78, 5) is 15.6. The zero-order valence-electron chi connectivity index (χ0n) is 15.5. The summed E-state index contributed by atoms with van der Waals surface area (Å²) < 4.78 is 1.98. The Morgan fingerprint density at radius 2 is 1.70 bits per heavy atom. The summed E-state index contributed by atoms with van der Waals surface area (Å²) in [6.45, 7) is 1.95. The highest BCUT2D eigenvalue weighted by Crippen LogP contribution is 2.23. The van der Waals surface area contributed by atoms with Crippen molar-refractivity contribution in [1.82, 2.24) is 19.5 Å². The van der Waals surface area contributed by atoms with Crippen LogP contribution in [0.5, 0.6) is 0 Å². The molecule has 0 saturated heterocycles. The van der Waals surface area contributed by atoms with Crippen LogP contribution in [0.15, 0.2) is 54.6 Å². The van der Waals surface area contributed by atoms with E-state index in [0.29, 0.717) is 17.6 Å². The van der Waals surface area contributed by atoms with E-state index in [1.807, 2.05) is 79.0 Å². The van der Waals surface area contributed by atoms with E-state index in [0.717, 1.165) is 28.2 Å². The first kappa shape index (κ1) is 16.8. The first-order valence-corrected chi connectivity index (χ1v) is 8.65. The van der Waals surface area contributed by atoms with Gasteiger partial charge in [0, 0.05) is 31.5 Å². The molecule has 0 atom stereocenters. The van der Waals surface area contributed by atoms with Crippen LogP contribution in [0, 0.1) is 6.92 Å². The number of para-hydroxylation sites is 2. The highest BCUT2D eigenvalue weighted by molar-refractivity contribution is 5.78. The van der Waals surface area contributed by atoms with Gasteiger partial charge in [0.2, 0.25) is 5.95 Å². The molecule has 2 heterocycles. The van der Waals surface area contributed by atoms with Gasteiger partial charge in [-0.2, -0.15) is 9.97 Å². The second kappa shape index (κ2) is 6.60. The third-order valence-electron chi connectivity index (χ3n) is 4.33. The van der Waals surface area contributed by atoms with Crippen molar-refractivity contribution >= 4 is 34.2 Å². The summed E-state index contributed by atoms with van der Waals surface area (Å²) in [5.41, 5.74) is 9.96. The van der Waals surface area contributed by atoms with E-state index in [9.17, 15) is 0 Å². The van der Waals surface area contributed by atoms with E-state index in [1.54, 1.807) is 6.07 Å². The molecule has 0 unspecified atom stereocenters. The van der Waals surface area contributed by atoms with Gasteiger partial charge in [-0.3, -0.25) is 4.57 Å². The van der Waals surface area contributed by atoms with E-state index >= 15 is 0 Å². The predicted octanol–water partition coefficient (Wildman–Crippen LogP) is 3.52. The van der Waals surface area contributed by atoms with Gasteiger partial charge in [-0.05, 0) is 43.3 Å². The summed E-state index contributed by atoms with van der Waals surface area (Å²) in [5.74, 6) is 2.36. The van der Waals surface area contributed by atoms with Crippen LogP contribution in [0.2, 0.25) is 0 Å². The quantitative estimate of drug-likeness (QED) is 0.580. The molecule has 0 spiro atoms. The second-order valence-electron chi connectivity index (χ2n) is 6.52. The number of benzene rings is 2. The summed E-state index contributed by atoms with van der Waals surface area (Å²) >= 11 is 0. The predicted molar refractivity (Wildman–Crippen MR) is 110 cm³/mol. The van der Waals surface area contributed by atoms with E-state index in [4.69, 9.17) is 5.73 Å². The van der Waals surface area contributed by atoms with Crippen LogP contribution in [0.4, 0.5) is 23.1 Å². The second-order valence-corrected chi connectivity index (χ2v) is 6.52. The molecular weight excluding hydrogens is 338 g/mol. The van der Waals surface area contributed by atoms with E-state index in [1.165, 1.54) is 0 Å². The van der Waals surface area contributed by atoms with Gasteiger partial charge < -0.3 is 16.0 Å². The van der Waals surface area contributed by atoms with Crippen molar-refractivity contribution in [3.05, 3.63) is 60.4 Å². The first-order chi connectivity index (χ1) is 13.0. The van der Waals surface area contributed by atoms with Gasteiger partial charge in [-0.25, -0.2) is 4.98 Å². The highest BCUT2D eigenvalue weighted by Gasteiger charge is 2.12. The molecule has 7 heteroatoms. The summed E-state index contributed by atoms with van der Waals surface area (Å²) in [6, 6.07) is 17.7. The van der Waals surface area contributed by atoms with Crippen LogP contribution in [-0.2, 0) is 0 Å². The van der Waals surface area contributed by atoms with Crippen LogP contribution < -0.4 is 16.0 Å². The number of nitrogens with zero attached hydrogens (tertiary/aromatic N) is 5. The maximum atomic E-state index is 6.05. The average Bonchev–Trinajstić information content (AvgIpc) is 2.97. The minimum absolute atomic E-state index is 0.393. The molecule has 3 N–H and O–H groups in total. The Bertz CT molecular complexity index is 1100. The Balaban J connectivity index is 1.72. The zero-order chi connectivity index (χ0) is 19.0. The lowest BCUT2D eigenvalue weighted by atomic mass is 10.2. The van der Waals surface area contributed by atoms with E-state index < -0.39 is 0 Å². The number of nitrogens with one attached hydrogen (secondary N) is 1. The van der Waals surface area contributed by atoms with Gasteiger partial charge in [-0.15, -0.1) is 0 Å². The van der Waals surface area contributed by atoms with Crippen molar-refractivity contribution in [2.24, 2.45) is 0 Å². The molecule has 0 amide bonds. The van der Waals surface area contributed by atoms with Crippen LogP contribution in [0.1, 0.15) is 5.82 Å². The fourth-order valence-corrected chi connectivity index (χ4v) is 3.03. The molecule has 0 saturated carbocycles. The highest BCUT2D eigenvalue weighted by atomic mass is 15.2. The number of anilines is 4. The standard InChI is InChI=1S/C20H21N7/c1-13-22-16-6-4-5-7-17(16)27(13)19-12-18(21)24-20(25-19)23-14-8-10-15(11-9-14)26(2)3/h4-12H,1-3H3,(H3,21,23,24,25). The van der Waals surface area contributed by atoms with Crippen molar-refractivity contribution in [3.63, 3.8) is 0 Å². The molecule has 136 valence electrons. The number of imidazole rings is 1. The topological polar surface area (TPSA) is 84.9 Å². The average molecular weight is 359 g/mol. The van der Waals surface area contributed by atoms with E-state index in [2.05, 4.69) is 20.3 Å². The van der Waals surface area contributed by atoms with Crippen molar-refractivity contribution < 1.29 is 0 Å². The number of aromatic nitrogens is 4. The minimum Gasteiger partial charge on any atom is -0.383 e. The van der Waals surface area contributed by atoms with Crippen LogP contribution in [-0.4, -0.2) is 33.6 Å². The number of rotatable bonds is 4. The number of fused-ring (bicyclic) bond motifs is 1. The molecule has 0 radical (unpaired) electrons. The lowest BCUT2D eigenvalue weighted by Gasteiger charge is -2.13. The molecule has 2 aromatic heterocycles. The molecule has 0 aliphatic carbocycles. The number of hydrogen-bond donors (Lipinski definition) is 2. The fourth-order valence-electron chi connectivity index (χ4n) is 3.03. The Morgan fingerprint density at radius 3 is 2.44 bits per heavy atom.